The summed E-state index contributed by atoms with van der Waals surface area (Å²) in [5, 5.41) is 9.18. The first-order valence-electron chi connectivity index (χ1n) is 1.21. The van der Waals surface area contributed by atoms with Crippen molar-refractivity contribution in [3.63, 3.8) is 0 Å². The molecule has 0 amide bonds. The lowest BCUT2D eigenvalue weighted by molar-refractivity contribution is -0.419. The highest BCUT2D eigenvalue weighted by Gasteiger charge is 1.54. The van der Waals surface area contributed by atoms with Gasteiger partial charge < -0.3 is 5.73 Å². The van der Waals surface area contributed by atoms with Crippen molar-refractivity contribution in [1.29, 1.82) is 0 Å². The van der Waals surface area contributed by atoms with Crippen molar-refractivity contribution in [3.8, 4) is 0 Å². The molecular formula is C2H3N2O2-. The molecule has 0 spiro atoms. The Balaban J connectivity index is 3.30. The molecule has 2 N–H and O–H groups in total. The quantitative estimate of drug-likeness (QED) is 0.203. The molecule has 0 radical (unpaired) electrons. The monoisotopic (exact) mass is 87.0 g/mol. The van der Waals surface area contributed by atoms with Gasteiger partial charge in [-0.05, 0) is 0 Å². The Bertz CT molecular complexity index is 77.6. The summed E-state index contributed by atoms with van der Waals surface area (Å²) >= 11 is 0. The first-order valence-corrected chi connectivity index (χ1v) is 1.21. The summed E-state index contributed by atoms with van der Waals surface area (Å²) in [5.41, 5.74) is 4.55. The molecule has 0 aliphatic carbocycles. The van der Waals surface area contributed by atoms with Gasteiger partial charge >= 0.3 is 0 Å². The smallest absolute Gasteiger partial charge is 0.0765 e. The van der Waals surface area contributed by atoms with Gasteiger partial charge in [-0.2, -0.15) is 0 Å². The predicted molar refractivity (Wildman–Crippen MR) is 19.0 cm³/mol. The minimum absolute atomic E-state index is 0.750. The van der Waals surface area contributed by atoms with Crippen molar-refractivity contribution in [3.05, 3.63) is 22.5 Å². The van der Waals surface area contributed by atoms with Crippen LogP contribution in [0.25, 0.3) is 0 Å². The van der Waals surface area contributed by atoms with Gasteiger partial charge in [-0.25, -0.2) is 0 Å². The molecule has 4 heteroatoms. The van der Waals surface area contributed by atoms with Crippen LogP contribution in [0.1, 0.15) is 0 Å². The zero-order chi connectivity index (χ0) is 4.99. The van der Waals surface area contributed by atoms with Crippen LogP contribution < -0.4 is 5.73 Å². The second-order valence-corrected chi connectivity index (χ2v) is 0.553. The van der Waals surface area contributed by atoms with Gasteiger partial charge in [0.1, 0.15) is 0 Å². The third-order valence-electron chi connectivity index (χ3n) is 0.180. The Morgan fingerprint density at radius 2 is 2.50 bits per heavy atom. The van der Waals surface area contributed by atoms with Crippen LogP contribution in [0, 0.1) is 16.3 Å². The molecule has 0 aromatic rings. The van der Waals surface area contributed by atoms with Crippen LogP contribution >= 0.6 is 0 Å². The van der Waals surface area contributed by atoms with Gasteiger partial charge in [-0.15, -0.1) is 11.1 Å². The summed E-state index contributed by atoms with van der Waals surface area (Å²) in [6.45, 7) is 0. The molecule has 0 bridgehead atoms. The number of rotatable bonds is 1. The fourth-order valence-electron chi connectivity index (χ4n) is 0.0609. The number of nitrogens with zero attached hydrogens (tertiary/aromatic N) is 1. The highest BCUT2D eigenvalue weighted by Crippen LogP contribution is 1.59. The molecule has 34 valence electrons. The summed E-state index contributed by atoms with van der Waals surface area (Å²) in [6, 6.07) is 0. The SMILES string of the molecule is NC=[C-][N+](=O)[O-]. The lowest BCUT2D eigenvalue weighted by Gasteiger charge is -1.86. The van der Waals surface area contributed by atoms with Gasteiger partial charge in [-0.1, -0.05) is 6.20 Å². The molecule has 4 nitrogen and oxygen atoms in total. The number of nitro groups is 1. The van der Waals surface area contributed by atoms with E-state index in [9.17, 15) is 10.1 Å². The molecule has 0 saturated carbocycles. The zero-order valence-corrected chi connectivity index (χ0v) is 2.92. The van der Waals surface area contributed by atoms with E-state index in [1.165, 1.54) is 0 Å². The third kappa shape index (κ3) is 2.94. The molecule has 0 fully saturated rings. The molecule has 0 saturated heterocycles. The van der Waals surface area contributed by atoms with E-state index in [0.717, 1.165) is 6.20 Å². The lowest BCUT2D eigenvalue weighted by atomic mass is 11.0. The Morgan fingerprint density at radius 1 is 2.00 bits per heavy atom. The van der Waals surface area contributed by atoms with Crippen LogP contribution in [-0.2, 0) is 0 Å². The van der Waals surface area contributed by atoms with Crippen LogP contribution in [0.5, 0.6) is 0 Å². The third-order valence-corrected chi connectivity index (χ3v) is 0.180. The summed E-state index contributed by atoms with van der Waals surface area (Å²) in [5.74, 6) is 0. The second kappa shape index (κ2) is 2.19. The first-order chi connectivity index (χ1) is 2.77. The number of nitrogens with two attached hydrogens (primary N) is 1. The van der Waals surface area contributed by atoms with Crippen LogP contribution in [0.15, 0.2) is 6.20 Å². The minimum Gasteiger partial charge on any atom is -0.432 e. The lowest BCUT2D eigenvalue weighted by Crippen LogP contribution is -1.87. The summed E-state index contributed by atoms with van der Waals surface area (Å²) < 4.78 is 0. The predicted octanol–water partition coefficient (Wildman–Crippen LogP) is -0.504. The molecule has 0 heterocycles. The Hall–Kier alpha value is -1.06. The van der Waals surface area contributed by atoms with Crippen LogP contribution in [-0.4, -0.2) is 4.92 Å². The van der Waals surface area contributed by atoms with E-state index in [-0.39, 0.29) is 0 Å². The minimum atomic E-state index is -0.750. The summed E-state index contributed by atoms with van der Waals surface area (Å²) in [6.07, 6.45) is 2.33. The van der Waals surface area contributed by atoms with Crippen molar-refractivity contribution in [2.75, 3.05) is 0 Å². The Kier molecular flexibility index (Phi) is 1.81. The maximum atomic E-state index is 9.18. The number of hydrogen-bond donors (Lipinski definition) is 1. The van der Waals surface area contributed by atoms with Crippen LogP contribution in [0.4, 0.5) is 0 Å². The van der Waals surface area contributed by atoms with E-state index in [1.807, 2.05) is 0 Å². The van der Waals surface area contributed by atoms with E-state index in [0.29, 0.717) is 0 Å². The maximum Gasteiger partial charge on any atom is -0.0765 e. The van der Waals surface area contributed by atoms with Gasteiger partial charge in [0.25, 0.3) is 0 Å². The van der Waals surface area contributed by atoms with Gasteiger partial charge in [0.05, 0.1) is 0 Å². The fraction of sp³-hybridized carbons (Fsp3) is 0. The summed E-state index contributed by atoms with van der Waals surface area (Å²) in [4.78, 5) is 8.43. The summed E-state index contributed by atoms with van der Waals surface area (Å²) in [7, 11) is 0. The largest absolute Gasteiger partial charge is 0.432 e. The molecule has 0 rings (SSSR count). The Morgan fingerprint density at radius 3 is 2.50 bits per heavy atom. The first kappa shape index (κ1) is 4.94. The molecule has 6 heavy (non-hydrogen) atoms. The van der Waals surface area contributed by atoms with Crippen molar-refractivity contribution in [2.24, 2.45) is 5.73 Å². The average Bonchev–Trinajstić information content (AvgIpc) is 1.35. The molecule has 0 unspecified atom stereocenters. The van der Waals surface area contributed by atoms with Crippen molar-refractivity contribution >= 4 is 0 Å². The molecule has 0 aliphatic rings. The standard InChI is InChI=1S/C2H3N2O2/c3-1-2-4(5)6/h1H,3H2/q-1. The van der Waals surface area contributed by atoms with Crippen LogP contribution in [0.2, 0.25) is 0 Å². The molecule has 0 aromatic heterocycles. The van der Waals surface area contributed by atoms with Gasteiger partial charge in [-0.3, -0.25) is 10.1 Å². The van der Waals surface area contributed by atoms with Crippen molar-refractivity contribution in [1.82, 2.24) is 0 Å². The fourth-order valence-corrected chi connectivity index (χ4v) is 0.0609. The van der Waals surface area contributed by atoms with Crippen molar-refractivity contribution < 1.29 is 4.92 Å². The van der Waals surface area contributed by atoms with E-state index in [2.05, 4.69) is 5.73 Å². The molecule has 0 aromatic carbocycles. The van der Waals surface area contributed by atoms with E-state index in [1.54, 1.807) is 6.20 Å². The maximum absolute atomic E-state index is 9.18. The van der Waals surface area contributed by atoms with E-state index in [4.69, 9.17) is 0 Å². The zero-order valence-electron chi connectivity index (χ0n) is 2.92. The van der Waals surface area contributed by atoms with E-state index >= 15 is 0 Å². The highest BCUT2D eigenvalue weighted by atomic mass is 16.6. The molecule has 0 atom stereocenters. The molecular weight excluding hydrogens is 84.0 g/mol. The topological polar surface area (TPSA) is 69.2 Å². The van der Waals surface area contributed by atoms with Gasteiger partial charge in [0.15, 0.2) is 0 Å². The molecule has 0 aliphatic heterocycles. The van der Waals surface area contributed by atoms with Crippen LogP contribution in [0.3, 0.4) is 0 Å². The van der Waals surface area contributed by atoms with Gasteiger partial charge in [0, 0.05) is 0 Å². The number of hydrogen-bond acceptors (Lipinski definition) is 3. The average molecular weight is 87.1 g/mol. The van der Waals surface area contributed by atoms with Gasteiger partial charge in [0.2, 0.25) is 0 Å². The van der Waals surface area contributed by atoms with Crippen molar-refractivity contribution in [2.45, 2.75) is 0 Å². The highest BCUT2D eigenvalue weighted by molar-refractivity contribution is 4.51. The Labute approximate surface area is 34.4 Å². The van der Waals surface area contributed by atoms with E-state index < -0.39 is 4.92 Å². The normalized spacial score (nSPS) is 9.33. The second-order valence-electron chi connectivity index (χ2n) is 0.553.